The number of carboxylic acid groups (broad SMARTS) is 1. The average molecular weight is 418 g/mol. The molecule has 3 rings (SSSR count). The first-order chi connectivity index (χ1) is 13.8. The van der Waals surface area contributed by atoms with Gasteiger partial charge in [-0.1, -0.05) is 24.4 Å². The van der Waals surface area contributed by atoms with Gasteiger partial charge in [0.1, 0.15) is 11.5 Å². The molecule has 1 aromatic heterocycles. The van der Waals surface area contributed by atoms with Crippen LogP contribution in [0.5, 0.6) is 0 Å². The van der Waals surface area contributed by atoms with Crippen molar-refractivity contribution in [1.82, 2.24) is 9.47 Å². The Hall–Kier alpha value is -2.98. The predicted molar refractivity (Wildman–Crippen MR) is 109 cm³/mol. The topological polar surface area (TPSA) is 74.6 Å². The molecule has 2 amide bonds. The molecule has 29 heavy (non-hydrogen) atoms. The summed E-state index contributed by atoms with van der Waals surface area (Å²) in [4.78, 5) is 25.9. The minimum atomic E-state index is -1.04. The summed E-state index contributed by atoms with van der Waals surface area (Å²) in [6.45, 7) is 2.03. The maximum atomic E-state index is 13.3. The molecule has 0 fully saturated rings. The molecule has 152 valence electrons. The summed E-state index contributed by atoms with van der Waals surface area (Å²) < 4.78 is 15.0. The number of carbonyl (C=O) groups is 2. The van der Waals surface area contributed by atoms with E-state index in [1.807, 2.05) is 6.92 Å². The highest BCUT2D eigenvalue weighted by atomic mass is 35.5. The van der Waals surface area contributed by atoms with E-state index in [2.05, 4.69) is 17.2 Å². The number of anilines is 1. The van der Waals surface area contributed by atoms with Gasteiger partial charge in [-0.3, -0.25) is 9.69 Å². The van der Waals surface area contributed by atoms with Crippen molar-refractivity contribution >= 4 is 29.3 Å². The van der Waals surface area contributed by atoms with Crippen LogP contribution in [0.25, 0.3) is 0 Å². The van der Waals surface area contributed by atoms with Crippen molar-refractivity contribution in [2.45, 2.75) is 32.2 Å². The van der Waals surface area contributed by atoms with E-state index in [0.29, 0.717) is 30.6 Å². The number of rotatable bonds is 4. The van der Waals surface area contributed by atoms with Gasteiger partial charge in [0, 0.05) is 25.4 Å². The van der Waals surface area contributed by atoms with Gasteiger partial charge in [-0.05, 0) is 42.2 Å². The molecule has 6 nitrogen and oxygen atoms in total. The molecule has 0 bridgehead atoms. The van der Waals surface area contributed by atoms with Crippen LogP contribution in [0, 0.1) is 17.7 Å². The van der Waals surface area contributed by atoms with E-state index in [4.69, 9.17) is 11.6 Å². The number of aryl methyl sites for hydroxylation is 1. The van der Waals surface area contributed by atoms with Gasteiger partial charge in [0.2, 0.25) is 0 Å². The number of nitrogens with zero attached hydrogens (tertiary/aromatic N) is 2. The molecule has 1 atom stereocenters. The van der Waals surface area contributed by atoms with Gasteiger partial charge in [-0.15, -0.1) is 5.92 Å². The van der Waals surface area contributed by atoms with Crippen LogP contribution in [0.3, 0.4) is 0 Å². The van der Waals surface area contributed by atoms with Crippen LogP contribution in [0.15, 0.2) is 24.4 Å². The Morgan fingerprint density at radius 2 is 2.17 bits per heavy atom. The van der Waals surface area contributed by atoms with Crippen LogP contribution >= 0.6 is 11.6 Å². The molecule has 1 aliphatic rings. The SMILES string of the molecule is CCC#CCN(C(=O)O)C1CCc2c1cn(C)c2C(=O)Nc1ccc(F)c(Cl)c1. The summed E-state index contributed by atoms with van der Waals surface area (Å²) in [5.41, 5.74) is 2.47. The number of halogens is 2. The summed E-state index contributed by atoms with van der Waals surface area (Å²) in [5, 5.41) is 12.3. The maximum Gasteiger partial charge on any atom is 0.408 e. The molecular formula is C21H21ClFN3O3. The minimum absolute atomic E-state index is 0.0785. The Labute approximate surface area is 173 Å². The van der Waals surface area contributed by atoms with Gasteiger partial charge < -0.3 is 15.0 Å². The summed E-state index contributed by atoms with van der Waals surface area (Å²) in [6, 6.07) is 3.62. The van der Waals surface area contributed by atoms with Crippen molar-refractivity contribution in [1.29, 1.82) is 0 Å². The second-order valence-electron chi connectivity index (χ2n) is 6.78. The second kappa shape index (κ2) is 8.58. The lowest BCUT2D eigenvalue weighted by Crippen LogP contribution is -2.33. The fourth-order valence-corrected chi connectivity index (χ4v) is 3.83. The normalized spacial score (nSPS) is 14.7. The summed E-state index contributed by atoms with van der Waals surface area (Å²) in [7, 11) is 1.74. The van der Waals surface area contributed by atoms with Crippen LogP contribution in [0.2, 0.25) is 5.02 Å². The first-order valence-corrected chi connectivity index (χ1v) is 9.61. The van der Waals surface area contributed by atoms with Crippen LogP contribution in [-0.2, 0) is 13.5 Å². The van der Waals surface area contributed by atoms with Crippen molar-refractivity contribution in [3.63, 3.8) is 0 Å². The quantitative estimate of drug-likeness (QED) is 0.721. The van der Waals surface area contributed by atoms with E-state index in [9.17, 15) is 19.1 Å². The van der Waals surface area contributed by atoms with E-state index >= 15 is 0 Å². The van der Waals surface area contributed by atoms with Crippen LogP contribution in [-0.4, -0.2) is 33.1 Å². The van der Waals surface area contributed by atoms with Crippen molar-refractivity contribution in [3.8, 4) is 11.8 Å². The van der Waals surface area contributed by atoms with E-state index in [0.717, 1.165) is 11.1 Å². The van der Waals surface area contributed by atoms with Crippen molar-refractivity contribution < 1.29 is 19.1 Å². The van der Waals surface area contributed by atoms with Crippen LogP contribution < -0.4 is 5.32 Å². The largest absolute Gasteiger partial charge is 0.465 e. The number of fused-ring (bicyclic) bond motifs is 1. The predicted octanol–water partition coefficient (Wildman–Crippen LogP) is 4.45. The van der Waals surface area contributed by atoms with E-state index in [1.165, 1.54) is 23.1 Å². The lowest BCUT2D eigenvalue weighted by atomic mass is 10.1. The first kappa shape index (κ1) is 20.7. The first-order valence-electron chi connectivity index (χ1n) is 9.23. The molecule has 0 aliphatic heterocycles. The monoisotopic (exact) mass is 417 g/mol. The lowest BCUT2D eigenvalue weighted by Gasteiger charge is -2.24. The number of nitrogens with one attached hydrogen (secondary N) is 1. The zero-order chi connectivity index (χ0) is 21.1. The standard InChI is InChI=1S/C21H21ClFN3O3/c1-3-4-5-10-26(21(28)29)18-9-7-14-15(18)12-25(2)19(14)20(27)24-13-6-8-17(23)16(22)11-13/h6,8,11-12,18H,3,7,9-10H2,1-2H3,(H,24,27)(H,28,29). The zero-order valence-electron chi connectivity index (χ0n) is 16.1. The lowest BCUT2D eigenvalue weighted by molar-refractivity contribution is 0.101. The zero-order valence-corrected chi connectivity index (χ0v) is 16.9. The Morgan fingerprint density at radius 3 is 2.83 bits per heavy atom. The fourth-order valence-electron chi connectivity index (χ4n) is 3.65. The molecule has 8 heteroatoms. The molecule has 0 saturated carbocycles. The Kier molecular flexibility index (Phi) is 6.14. The van der Waals surface area contributed by atoms with Gasteiger partial charge in [-0.25, -0.2) is 9.18 Å². The summed E-state index contributed by atoms with van der Waals surface area (Å²) in [6.07, 6.45) is 2.59. The highest BCUT2D eigenvalue weighted by Gasteiger charge is 2.35. The number of amides is 2. The Bertz CT molecular complexity index is 1020. The number of aromatic nitrogens is 1. The summed E-state index contributed by atoms with van der Waals surface area (Å²) in [5.74, 6) is 4.85. The van der Waals surface area contributed by atoms with E-state index in [1.54, 1.807) is 17.8 Å². The molecule has 0 radical (unpaired) electrons. The third-order valence-corrected chi connectivity index (χ3v) is 5.20. The van der Waals surface area contributed by atoms with Crippen molar-refractivity contribution in [2.75, 3.05) is 11.9 Å². The van der Waals surface area contributed by atoms with Gasteiger partial charge in [0.15, 0.2) is 0 Å². The molecule has 1 aromatic carbocycles. The van der Waals surface area contributed by atoms with Gasteiger partial charge >= 0.3 is 6.09 Å². The van der Waals surface area contributed by atoms with Gasteiger partial charge in [0.25, 0.3) is 5.91 Å². The number of hydrogen-bond acceptors (Lipinski definition) is 2. The summed E-state index contributed by atoms with van der Waals surface area (Å²) >= 11 is 5.78. The molecule has 0 saturated heterocycles. The second-order valence-corrected chi connectivity index (χ2v) is 7.18. The van der Waals surface area contributed by atoms with Crippen molar-refractivity contribution in [2.24, 2.45) is 7.05 Å². The van der Waals surface area contributed by atoms with Gasteiger partial charge in [0.05, 0.1) is 17.6 Å². The maximum absolute atomic E-state index is 13.3. The number of carbonyl (C=O) groups excluding carboxylic acids is 1. The molecule has 1 unspecified atom stereocenters. The van der Waals surface area contributed by atoms with E-state index < -0.39 is 11.9 Å². The third-order valence-electron chi connectivity index (χ3n) is 4.91. The molecule has 2 N–H and O–H groups in total. The highest BCUT2D eigenvalue weighted by Crippen LogP contribution is 2.38. The van der Waals surface area contributed by atoms with Gasteiger partial charge in [-0.2, -0.15) is 0 Å². The number of hydrogen-bond donors (Lipinski definition) is 2. The Morgan fingerprint density at radius 1 is 1.41 bits per heavy atom. The minimum Gasteiger partial charge on any atom is -0.465 e. The van der Waals surface area contributed by atoms with Crippen molar-refractivity contribution in [3.05, 3.63) is 52.1 Å². The Balaban J connectivity index is 1.87. The average Bonchev–Trinajstić information content (AvgIpc) is 3.19. The smallest absolute Gasteiger partial charge is 0.408 e. The molecule has 0 spiro atoms. The highest BCUT2D eigenvalue weighted by molar-refractivity contribution is 6.31. The molecule has 2 aromatic rings. The third kappa shape index (κ3) is 4.22. The van der Waals surface area contributed by atoms with Crippen LogP contribution in [0.1, 0.15) is 47.4 Å². The molecule has 1 heterocycles. The van der Waals surface area contributed by atoms with Crippen LogP contribution in [0.4, 0.5) is 14.9 Å². The number of benzene rings is 1. The fraction of sp³-hybridized carbons (Fsp3) is 0.333. The molecule has 1 aliphatic carbocycles. The molecular weight excluding hydrogens is 397 g/mol. The van der Waals surface area contributed by atoms with E-state index in [-0.39, 0.29) is 23.5 Å².